The number of amides is 1. The van der Waals surface area contributed by atoms with Crippen LogP contribution in [-0.2, 0) is 4.79 Å². The van der Waals surface area contributed by atoms with E-state index in [9.17, 15) is 22.4 Å². The Morgan fingerprint density at radius 2 is 2.12 bits per heavy atom. The van der Waals surface area contributed by atoms with Crippen LogP contribution in [0.25, 0.3) is 10.9 Å². The first-order chi connectivity index (χ1) is 12.2. The highest BCUT2D eigenvalue weighted by atomic mass is 19.4. The Morgan fingerprint density at radius 1 is 1.35 bits per heavy atom. The summed E-state index contributed by atoms with van der Waals surface area (Å²) in [5.74, 6) is -1.53. The van der Waals surface area contributed by atoms with Gasteiger partial charge in [0, 0.05) is 29.9 Å². The minimum atomic E-state index is -4.43. The number of halogens is 4. The molecule has 2 aromatic rings. The highest BCUT2D eigenvalue weighted by Gasteiger charge is 2.31. The van der Waals surface area contributed by atoms with Gasteiger partial charge in [-0.1, -0.05) is 0 Å². The number of nitrogens with one attached hydrogen (secondary N) is 1. The third-order valence-electron chi connectivity index (χ3n) is 4.47. The summed E-state index contributed by atoms with van der Waals surface area (Å²) in [7, 11) is 0. The fraction of sp³-hybridized carbons (Fsp3) is 0.444. The monoisotopic (exact) mass is 369 g/mol. The number of anilines is 1. The largest absolute Gasteiger partial charge is 0.405 e. The van der Waals surface area contributed by atoms with E-state index in [0.717, 1.165) is 11.4 Å². The van der Waals surface area contributed by atoms with Gasteiger partial charge < -0.3 is 10.2 Å². The standard InChI is InChI=1S/C18H19F4N3O/c1-11-7-16(14-8-13(19)4-5-15(14)24-11)25-6-2-3-12(9-25)17(26)23-10-18(20,21)22/h4-5,7-8,12H,2-3,6,9-10H2,1H3,(H,23,26). The second kappa shape index (κ2) is 7.09. The van der Waals surface area contributed by atoms with Crippen molar-refractivity contribution in [1.82, 2.24) is 10.3 Å². The number of benzene rings is 1. The lowest BCUT2D eigenvalue weighted by molar-refractivity contribution is -0.140. The Bertz CT molecular complexity index is 822. The minimum absolute atomic E-state index is 0.290. The van der Waals surface area contributed by atoms with Crippen LogP contribution >= 0.6 is 0 Å². The highest BCUT2D eigenvalue weighted by molar-refractivity contribution is 5.92. The van der Waals surface area contributed by atoms with E-state index < -0.39 is 24.5 Å². The number of aromatic nitrogens is 1. The van der Waals surface area contributed by atoms with Gasteiger partial charge in [0.25, 0.3) is 0 Å². The van der Waals surface area contributed by atoms with Crippen molar-refractivity contribution in [3.63, 3.8) is 0 Å². The predicted molar refractivity (Wildman–Crippen MR) is 90.4 cm³/mol. The fourth-order valence-corrected chi connectivity index (χ4v) is 3.31. The number of nitrogens with zero attached hydrogens (tertiary/aromatic N) is 2. The number of pyridine rings is 1. The molecule has 0 saturated carbocycles. The molecule has 4 nitrogen and oxygen atoms in total. The van der Waals surface area contributed by atoms with Crippen molar-refractivity contribution in [3.05, 3.63) is 35.8 Å². The summed E-state index contributed by atoms with van der Waals surface area (Å²) in [4.78, 5) is 18.4. The van der Waals surface area contributed by atoms with Crippen LogP contribution in [0.15, 0.2) is 24.3 Å². The minimum Gasteiger partial charge on any atom is -0.370 e. The zero-order valence-electron chi connectivity index (χ0n) is 14.2. The molecule has 1 unspecified atom stereocenters. The molecule has 1 fully saturated rings. The van der Waals surface area contributed by atoms with Crippen LogP contribution in [0, 0.1) is 18.7 Å². The SMILES string of the molecule is Cc1cc(N2CCCC(C(=O)NCC(F)(F)F)C2)c2cc(F)ccc2n1. The van der Waals surface area contributed by atoms with Crippen LogP contribution < -0.4 is 10.2 Å². The summed E-state index contributed by atoms with van der Waals surface area (Å²) in [6.45, 7) is 1.44. The van der Waals surface area contributed by atoms with E-state index in [2.05, 4.69) is 4.98 Å². The highest BCUT2D eigenvalue weighted by Crippen LogP contribution is 2.31. The van der Waals surface area contributed by atoms with Crippen LogP contribution in [0.4, 0.5) is 23.2 Å². The summed E-state index contributed by atoms with van der Waals surface area (Å²) >= 11 is 0. The predicted octanol–water partition coefficient (Wildman–Crippen LogP) is 3.58. The molecule has 1 N–H and O–H groups in total. The zero-order chi connectivity index (χ0) is 18.9. The van der Waals surface area contributed by atoms with E-state index in [1.54, 1.807) is 6.07 Å². The van der Waals surface area contributed by atoms with Crippen molar-refractivity contribution in [2.75, 3.05) is 24.5 Å². The van der Waals surface area contributed by atoms with E-state index >= 15 is 0 Å². The number of rotatable bonds is 3. The first-order valence-corrected chi connectivity index (χ1v) is 8.39. The molecule has 0 radical (unpaired) electrons. The van der Waals surface area contributed by atoms with E-state index in [-0.39, 0.29) is 5.82 Å². The third-order valence-corrected chi connectivity index (χ3v) is 4.47. The van der Waals surface area contributed by atoms with Gasteiger partial charge in [0.1, 0.15) is 12.4 Å². The van der Waals surface area contributed by atoms with E-state index in [0.29, 0.717) is 36.8 Å². The molecule has 0 spiro atoms. The molecule has 1 aliphatic rings. The normalized spacial score (nSPS) is 18.2. The molecule has 1 aliphatic heterocycles. The van der Waals surface area contributed by atoms with Crippen molar-refractivity contribution < 1.29 is 22.4 Å². The molecule has 1 saturated heterocycles. The molecule has 1 atom stereocenters. The van der Waals surface area contributed by atoms with Gasteiger partial charge >= 0.3 is 6.18 Å². The Morgan fingerprint density at radius 3 is 2.85 bits per heavy atom. The number of hydrogen-bond acceptors (Lipinski definition) is 3. The molecule has 1 aromatic carbocycles. The quantitative estimate of drug-likeness (QED) is 0.842. The number of piperidine rings is 1. The van der Waals surface area contributed by atoms with Gasteiger partial charge in [0.05, 0.1) is 11.4 Å². The fourth-order valence-electron chi connectivity index (χ4n) is 3.31. The van der Waals surface area contributed by atoms with Crippen LogP contribution in [0.3, 0.4) is 0 Å². The Balaban J connectivity index is 1.83. The Labute approximate surface area is 148 Å². The average Bonchev–Trinajstić information content (AvgIpc) is 2.59. The van der Waals surface area contributed by atoms with Gasteiger partial charge in [-0.05, 0) is 44.0 Å². The van der Waals surface area contributed by atoms with Crippen molar-refractivity contribution >= 4 is 22.5 Å². The molecule has 1 amide bonds. The molecule has 26 heavy (non-hydrogen) atoms. The molecular weight excluding hydrogens is 350 g/mol. The smallest absolute Gasteiger partial charge is 0.370 e. The van der Waals surface area contributed by atoms with Crippen molar-refractivity contribution in [2.45, 2.75) is 25.9 Å². The van der Waals surface area contributed by atoms with Gasteiger partial charge in [-0.25, -0.2) is 4.39 Å². The van der Waals surface area contributed by atoms with Gasteiger partial charge in [-0.3, -0.25) is 9.78 Å². The molecular formula is C18H19F4N3O. The number of carbonyl (C=O) groups is 1. The Hall–Kier alpha value is -2.38. The number of hydrogen-bond donors (Lipinski definition) is 1. The number of fused-ring (bicyclic) bond motifs is 1. The molecule has 3 rings (SSSR count). The summed E-state index contributed by atoms with van der Waals surface area (Å²) in [6.07, 6.45) is -3.24. The third kappa shape index (κ3) is 4.23. The van der Waals surface area contributed by atoms with Crippen molar-refractivity contribution in [1.29, 1.82) is 0 Å². The van der Waals surface area contributed by atoms with Crippen molar-refractivity contribution in [3.8, 4) is 0 Å². The van der Waals surface area contributed by atoms with Gasteiger partial charge in [0.15, 0.2) is 0 Å². The lowest BCUT2D eigenvalue weighted by atomic mass is 9.96. The molecule has 0 bridgehead atoms. The van der Waals surface area contributed by atoms with Crippen LogP contribution in [0.5, 0.6) is 0 Å². The first kappa shape index (κ1) is 18.4. The summed E-state index contributed by atoms with van der Waals surface area (Å²) in [5.41, 5.74) is 2.15. The molecule has 0 aliphatic carbocycles. The second-order valence-electron chi connectivity index (χ2n) is 6.56. The molecule has 140 valence electrons. The van der Waals surface area contributed by atoms with E-state index in [4.69, 9.17) is 0 Å². The van der Waals surface area contributed by atoms with Gasteiger partial charge in [0.2, 0.25) is 5.91 Å². The lowest BCUT2D eigenvalue weighted by Crippen LogP contribution is -2.45. The molecule has 1 aromatic heterocycles. The van der Waals surface area contributed by atoms with E-state index in [1.807, 2.05) is 23.2 Å². The average molecular weight is 369 g/mol. The summed E-state index contributed by atoms with van der Waals surface area (Å²) in [5, 5.41) is 2.59. The van der Waals surface area contributed by atoms with Crippen LogP contribution in [0.1, 0.15) is 18.5 Å². The van der Waals surface area contributed by atoms with Gasteiger partial charge in [-0.2, -0.15) is 13.2 Å². The molecule has 8 heteroatoms. The maximum Gasteiger partial charge on any atom is 0.405 e. The summed E-state index contributed by atoms with van der Waals surface area (Å²) in [6, 6.07) is 6.14. The van der Waals surface area contributed by atoms with Crippen LogP contribution in [0.2, 0.25) is 0 Å². The van der Waals surface area contributed by atoms with E-state index in [1.165, 1.54) is 12.1 Å². The van der Waals surface area contributed by atoms with Crippen molar-refractivity contribution in [2.24, 2.45) is 5.92 Å². The Kier molecular flexibility index (Phi) is 5.02. The number of carbonyl (C=O) groups excluding carboxylic acids is 1. The second-order valence-corrected chi connectivity index (χ2v) is 6.56. The maximum atomic E-state index is 13.7. The number of alkyl halides is 3. The lowest BCUT2D eigenvalue weighted by Gasteiger charge is -2.34. The van der Waals surface area contributed by atoms with Gasteiger partial charge in [-0.15, -0.1) is 0 Å². The topological polar surface area (TPSA) is 45.2 Å². The zero-order valence-corrected chi connectivity index (χ0v) is 14.2. The first-order valence-electron chi connectivity index (χ1n) is 8.39. The summed E-state index contributed by atoms with van der Waals surface area (Å²) < 4.78 is 50.6. The molecule has 2 heterocycles. The maximum absolute atomic E-state index is 13.7. The number of aryl methyl sites for hydroxylation is 1. The van der Waals surface area contributed by atoms with Crippen LogP contribution in [-0.4, -0.2) is 36.7 Å².